The molecular weight excluding hydrogens is 265 g/mol. The molecule has 0 aromatic heterocycles. The van der Waals surface area contributed by atoms with Gasteiger partial charge in [-0.2, -0.15) is 0 Å². The molecule has 4 heavy (non-hydrogen) atoms. The number of hydrogen-bond acceptors (Lipinski definition) is 0. The summed E-state index contributed by atoms with van der Waals surface area (Å²) in [6, 6.07) is 0. The third-order valence-corrected chi connectivity index (χ3v) is 0. The number of halogens is 3. The van der Waals surface area contributed by atoms with Gasteiger partial charge < -0.3 is 0 Å². The molecule has 0 bridgehead atoms. The first-order valence-corrected chi connectivity index (χ1v) is 2.23. The molecule has 0 rings (SSSR count). The molecule has 1 radical (unpaired) electrons. The molecule has 0 spiro atoms. The summed E-state index contributed by atoms with van der Waals surface area (Å²) in [6.07, 6.45) is 0. The summed E-state index contributed by atoms with van der Waals surface area (Å²) >= 11 is 2.41. The van der Waals surface area contributed by atoms with Gasteiger partial charge in [-0.05, 0) is 10.1 Å². The maximum Gasteiger partial charge on any atom is 0.0341 e. The van der Waals surface area contributed by atoms with Crippen molar-refractivity contribution in [2.24, 2.45) is 0 Å². The average Bonchev–Trinajstić information content (AvgIpc) is 1.00. The van der Waals surface area contributed by atoms with Crippen LogP contribution in [0.5, 0.6) is 0 Å². The van der Waals surface area contributed by atoms with E-state index >= 15 is 0 Å². The van der Waals surface area contributed by atoms with Crippen LogP contribution in [0.15, 0.2) is 0 Å². The van der Waals surface area contributed by atoms with Crippen molar-refractivity contribution in [3.63, 3.8) is 0 Å². The van der Waals surface area contributed by atoms with Crippen LogP contribution in [0, 0.1) is 0 Å². The Hall–Kier alpha value is 2.50. The van der Waals surface area contributed by atoms with E-state index in [2.05, 4.69) is 25.1 Å². The van der Waals surface area contributed by atoms with Gasteiger partial charge in [-0.3, -0.25) is 0 Å². The van der Waals surface area contributed by atoms with Crippen molar-refractivity contribution in [2.45, 2.75) is 0 Å². The normalized spacial score (nSPS) is 1.50. The second-order valence-corrected chi connectivity index (χ2v) is 0. The van der Waals surface area contributed by atoms with Crippen LogP contribution >= 0.6 is 49.1 Å². The third kappa shape index (κ3) is 8.82. The zero-order valence-corrected chi connectivity index (χ0v) is 8.84. The Balaban J connectivity index is -0.00000000500. The van der Waals surface area contributed by atoms with Gasteiger partial charge >= 0.3 is 0 Å². The van der Waals surface area contributed by atoms with Crippen LogP contribution in [-0.2, 0) is 0 Å². The van der Waals surface area contributed by atoms with Gasteiger partial charge in [-0.15, -0.1) is 24.0 Å². The second kappa shape index (κ2) is 17.8. The molecule has 23 valence electrons. The summed E-state index contributed by atoms with van der Waals surface area (Å²) in [4.78, 5) is 0. The van der Waals surface area contributed by atoms with Gasteiger partial charge in [0.2, 0.25) is 0 Å². The van der Waals surface area contributed by atoms with Crippen molar-refractivity contribution >= 4 is 78.7 Å². The summed E-state index contributed by atoms with van der Waals surface area (Å²) in [5, 5.41) is 0. The molecule has 0 heterocycles. The Labute approximate surface area is 77.3 Å². The zero-order valence-electron chi connectivity index (χ0n) is 2.16. The van der Waals surface area contributed by atoms with Crippen molar-refractivity contribution in [1.82, 2.24) is 0 Å². The van der Waals surface area contributed by atoms with Crippen LogP contribution in [0.4, 0.5) is 0 Å². The minimum Gasteiger partial charge on any atom is -0.107 e. The number of hydrogen-bond donors (Lipinski definition) is 0. The first kappa shape index (κ1) is 16.1. The van der Waals surface area contributed by atoms with E-state index in [9.17, 15) is 0 Å². The minimum atomic E-state index is 0. The van der Waals surface area contributed by atoms with E-state index in [0.29, 0.717) is 0 Å². The SMILES string of the molecule is ClBr.I.[Na]. The molecule has 0 aromatic rings. The van der Waals surface area contributed by atoms with Crippen LogP contribution in [0.3, 0.4) is 0 Å². The van der Waals surface area contributed by atoms with Crippen LogP contribution < -0.4 is 0 Å². The first-order valence-electron chi connectivity index (χ1n) is 0.143. The molecular formula is HBrClINa. The van der Waals surface area contributed by atoms with Gasteiger partial charge in [-0.1, -0.05) is 0 Å². The van der Waals surface area contributed by atoms with Crippen LogP contribution in [0.1, 0.15) is 0 Å². The molecule has 0 N–H and O–H groups in total. The first-order chi connectivity index (χ1) is 1.00. The third-order valence-electron chi connectivity index (χ3n) is 0. The fourth-order valence-electron chi connectivity index (χ4n) is 0. The van der Waals surface area contributed by atoms with Crippen molar-refractivity contribution in [3.8, 4) is 0 Å². The Morgan fingerprint density at radius 2 is 1.25 bits per heavy atom. The molecule has 0 unspecified atom stereocenters. The molecule has 0 aromatic carbocycles. The van der Waals surface area contributed by atoms with Gasteiger partial charge in [0.05, 0.1) is 0 Å². The Bertz CT molecular complexity index is 8.00. The average molecular weight is 266 g/mol. The molecule has 0 fully saturated rings. The van der Waals surface area contributed by atoms with Crippen molar-refractivity contribution in [3.05, 3.63) is 0 Å². The van der Waals surface area contributed by atoms with Gasteiger partial charge in [0.1, 0.15) is 0 Å². The molecule has 4 heteroatoms. The van der Waals surface area contributed by atoms with Gasteiger partial charge in [0, 0.05) is 44.6 Å². The topological polar surface area (TPSA) is 0 Å². The minimum absolute atomic E-state index is 0. The van der Waals surface area contributed by atoms with Crippen molar-refractivity contribution in [2.75, 3.05) is 0 Å². The summed E-state index contributed by atoms with van der Waals surface area (Å²) < 4.78 is 0. The standard InChI is InChI=1S/BrCl.HI.Na/c1-2;;/h;1H;. The predicted octanol–water partition coefficient (Wildman–Crippen LogP) is 1.77. The molecule has 0 saturated heterocycles. The fraction of sp³-hybridized carbons (Fsp3) is 0. The maximum absolute atomic E-state index is 4.45. The Kier molecular flexibility index (Phi) is 71.5. The van der Waals surface area contributed by atoms with E-state index in [1.807, 2.05) is 0 Å². The molecule has 0 amide bonds. The maximum atomic E-state index is 4.45. The summed E-state index contributed by atoms with van der Waals surface area (Å²) in [5.74, 6) is 0. The van der Waals surface area contributed by atoms with Crippen LogP contribution in [-0.4, -0.2) is 29.6 Å². The monoisotopic (exact) mass is 265 g/mol. The quantitative estimate of drug-likeness (QED) is 0.463. The molecule has 0 aliphatic carbocycles. The molecule has 0 atom stereocenters. The summed E-state index contributed by atoms with van der Waals surface area (Å²) in [6.45, 7) is 0. The number of rotatable bonds is 0. The second-order valence-electron chi connectivity index (χ2n) is 0. The van der Waals surface area contributed by atoms with E-state index < -0.39 is 0 Å². The van der Waals surface area contributed by atoms with E-state index in [-0.39, 0.29) is 53.5 Å². The van der Waals surface area contributed by atoms with Gasteiger partial charge in [0.25, 0.3) is 0 Å². The Morgan fingerprint density at radius 1 is 1.25 bits per heavy atom. The van der Waals surface area contributed by atoms with Crippen LogP contribution in [0.2, 0.25) is 0 Å². The van der Waals surface area contributed by atoms with E-state index in [4.69, 9.17) is 0 Å². The van der Waals surface area contributed by atoms with Gasteiger partial charge in [0.15, 0.2) is 0 Å². The van der Waals surface area contributed by atoms with Crippen LogP contribution in [0.25, 0.3) is 0 Å². The van der Waals surface area contributed by atoms with Gasteiger partial charge in [-0.25, -0.2) is 0 Å². The molecule has 0 nitrogen and oxygen atoms in total. The smallest absolute Gasteiger partial charge is 0.0341 e. The summed E-state index contributed by atoms with van der Waals surface area (Å²) in [7, 11) is 4.45. The van der Waals surface area contributed by atoms with Crippen molar-refractivity contribution < 1.29 is 0 Å². The zero-order chi connectivity index (χ0) is 2.00. The predicted molar refractivity (Wildman–Crippen MR) is 35.9 cm³/mol. The largest absolute Gasteiger partial charge is 0.107 e. The molecule has 0 aliphatic rings. The molecule has 0 saturated carbocycles. The van der Waals surface area contributed by atoms with E-state index in [1.54, 1.807) is 0 Å². The van der Waals surface area contributed by atoms with E-state index in [1.165, 1.54) is 0 Å². The summed E-state index contributed by atoms with van der Waals surface area (Å²) in [5.41, 5.74) is 0. The van der Waals surface area contributed by atoms with E-state index in [0.717, 1.165) is 0 Å². The van der Waals surface area contributed by atoms with Crippen molar-refractivity contribution in [1.29, 1.82) is 0 Å². The Morgan fingerprint density at radius 3 is 1.25 bits per heavy atom. The fourth-order valence-corrected chi connectivity index (χ4v) is 0. The molecule has 0 aliphatic heterocycles.